The zero-order valence-electron chi connectivity index (χ0n) is 23.8. The van der Waals surface area contributed by atoms with E-state index in [1.165, 1.54) is 61.6 Å². The lowest BCUT2D eigenvalue weighted by Crippen LogP contribution is -2.28. The van der Waals surface area contributed by atoms with Gasteiger partial charge in [0.2, 0.25) is 0 Å². The average Bonchev–Trinajstić information content (AvgIpc) is 2.96. The third-order valence-corrected chi connectivity index (χ3v) is 7.86. The van der Waals surface area contributed by atoms with Gasteiger partial charge in [0.05, 0.1) is 6.61 Å². The number of benzene rings is 2. The normalized spacial score (nSPS) is 18.2. The van der Waals surface area contributed by atoms with Crippen molar-refractivity contribution in [2.45, 2.75) is 128 Å². The van der Waals surface area contributed by atoms with Crippen LogP contribution in [0.1, 0.15) is 122 Å². The third-order valence-electron chi connectivity index (χ3n) is 7.86. The standard InChI is InChI=1S/C34H49FO3/c1-3-5-7-8-9-10-11-12-26-37-31-22-18-29(19-23-31)27-14-16-28(17-15-27)30-20-24-32(25-21-30)38-34(36)33(35)13-6-4-2/h14-19,22-23,30,32-33H,3-13,20-21,24-26H2,1-2H3/t30?,32?,33-/m0/s1. The smallest absolute Gasteiger partial charge is 0.340 e. The fraction of sp³-hybridized carbons (Fsp3) is 0.618. The summed E-state index contributed by atoms with van der Waals surface area (Å²) in [6, 6.07) is 17.2. The van der Waals surface area contributed by atoms with Crippen LogP contribution in [0.5, 0.6) is 5.75 Å². The maximum atomic E-state index is 13.9. The van der Waals surface area contributed by atoms with Crippen molar-refractivity contribution < 1.29 is 18.7 Å². The highest BCUT2D eigenvalue weighted by Crippen LogP contribution is 2.35. The fourth-order valence-corrected chi connectivity index (χ4v) is 5.37. The van der Waals surface area contributed by atoms with Gasteiger partial charge in [0.25, 0.3) is 0 Å². The minimum absolute atomic E-state index is 0.144. The zero-order valence-corrected chi connectivity index (χ0v) is 23.8. The summed E-state index contributed by atoms with van der Waals surface area (Å²) in [5.41, 5.74) is 3.72. The molecule has 1 aliphatic rings. The van der Waals surface area contributed by atoms with Crippen LogP contribution in [0.2, 0.25) is 0 Å². The molecule has 0 N–H and O–H groups in total. The Morgan fingerprint density at radius 3 is 1.92 bits per heavy atom. The molecule has 38 heavy (non-hydrogen) atoms. The van der Waals surface area contributed by atoms with E-state index in [2.05, 4.69) is 55.5 Å². The Kier molecular flexibility index (Phi) is 13.7. The Morgan fingerprint density at radius 1 is 0.763 bits per heavy atom. The first kappa shape index (κ1) is 30.2. The SMILES string of the molecule is CCCCCCCCCCOc1ccc(-c2ccc(C3CCC(OC(=O)[C@@H](F)CCCC)CC3)cc2)cc1. The molecule has 0 spiro atoms. The molecule has 0 radical (unpaired) electrons. The van der Waals surface area contributed by atoms with Gasteiger partial charge in [-0.3, -0.25) is 0 Å². The molecule has 0 bridgehead atoms. The Balaban J connectivity index is 1.36. The second kappa shape index (κ2) is 17.3. The molecule has 1 aliphatic carbocycles. The van der Waals surface area contributed by atoms with Gasteiger partial charge in [0.1, 0.15) is 11.9 Å². The minimum atomic E-state index is -1.48. The van der Waals surface area contributed by atoms with Crippen LogP contribution in [-0.2, 0) is 9.53 Å². The van der Waals surface area contributed by atoms with Crippen LogP contribution in [0.3, 0.4) is 0 Å². The molecule has 0 saturated heterocycles. The number of halogens is 1. The molecule has 2 aromatic carbocycles. The van der Waals surface area contributed by atoms with E-state index >= 15 is 0 Å². The molecule has 4 heteroatoms. The molecule has 0 aliphatic heterocycles. The van der Waals surface area contributed by atoms with Crippen LogP contribution in [-0.4, -0.2) is 24.9 Å². The highest BCUT2D eigenvalue weighted by Gasteiger charge is 2.27. The molecule has 0 aromatic heterocycles. The van der Waals surface area contributed by atoms with Crippen molar-refractivity contribution >= 4 is 5.97 Å². The number of carbonyl (C=O) groups is 1. The van der Waals surface area contributed by atoms with Gasteiger partial charge >= 0.3 is 5.97 Å². The molecule has 0 amide bonds. The molecule has 3 rings (SSSR count). The summed E-state index contributed by atoms with van der Waals surface area (Å²) >= 11 is 0. The van der Waals surface area contributed by atoms with Crippen molar-refractivity contribution in [1.82, 2.24) is 0 Å². The van der Waals surface area contributed by atoms with E-state index in [4.69, 9.17) is 9.47 Å². The number of hydrogen-bond acceptors (Lipinski definition) is 3. The Morgan fingerprint density at radius 2 is 1.32 bits per heavy atom. The summed E-state index contributed by atoms with van der Waals surface area (Å²) in [7, 11) is 0. The van der Waals surface area contributed by atoms with Crippen molar-refractivity contribution in [3.8, 4) is 16.9 Å². The Hall–Kier alpha value is -2.36. The van der Waals surface area contributed by atoms with E-state index in [9.17, 15) is 9.18 Å². The van der Waals surface area contributed by atoms with Crippen molar-refractivity contribution in [1.29, 1.82) is 0 Å². The number of ether oxygens (including phenoxy) is 2. The minimum Gasteiger partial charge on any atom is -0.494 e. The molecule has 1 saturated carbocycles. The topological polar surface area (TPSA) is 35.5 Å². The lowest BCUT2D eigenvalue weighted by Gasteiger charge is -2.29. The van der Waals surface area contributed by atoms with E-state index in [-0.39, 0.29) is 12.5 Å². The first-order chi connectivity index (χ1) is 18.6. The molecular weight excluding hydrogens is 475 g/mol. The number of alkyl halides is 1. The van der Waals surface area contributed by atoms with E-state index in [0.29, 0.717) is 5.92 Å². The fourth-order valence-electron chi connectivity index (χ4n) is 5.37. The summed E-state index contributed by atoms with van der Waals surface area (Å²) in [5.74, 6) is 0.735. The van der Waals surface area contributed by atoms with Gasteiger partial charge in [0, 0.05) is 0 Å². The number of rotatable bonds is 17. The number of hydrogen-bond donors (Lipinski definition) is 0. The predicted molar refractivity (Wildman–Crippen MR) is 155 cm³/mol. The molecule has 0 unspecified atom stereocenters. The van der Waals surface area contributed by atoms with E-state index in [1.54, 1.807) is 0 Å². The van der Waals surface area contributed by atoms with Gasteiger partial charge in [0.15, 0.2) is 6.17 Å². The molecule has 1 fully saturated rings. The second-order valence-electron chi connectivity index (χ2n) is 11.0. The van der Waals surface area contributed by atoms with Crippen LogP contribution in [0.25, 0.3) is 11.1 Å². The van der Waals surface area contributed by atoms with Gasteiger partial charge in [-0.25, -0.2) is 9.18 Å². The maximum absolute atomic E-state index is 13.9. The van der Waals surface area contributed by atoms with E-state index in [0.717, 1.165) is 57.3 Å². The van der Waals surface area contributed by atoms with E-state index < -0.39 is 12.1 Å². The van der Waals surface area contributed by atoms with Crippen LogP contribution in [0.4, 0.5) is 4.39 Å². The van der Waals surface area contributed by atoms with E-state index in [1.807, 2.05) is 6.92 Å². The van der Waals surface area contributed by atoms with Gasteiger partial charge in [-0.15, -0.1) is 0 Å². The van der Waals surface area contributed by atoms with Crippen molar-refractivity contribution in [2.75, 3.05) is 6.61 Å². The zero-order chi connectivity index (χ0) is 27.0. The molecule has 210 valence electrons. The lowest BCUT2D eigenvalue weighted by atomic mass is 9.82. The molecule has 0 heterocycles. The first-order valence-corrected chi connectivity index (χ1v) is 15.3. The highest BCUT2D eigenvalue weighted by atomic mass is 19.1. The van der Waals surface area contributed by atoms with Crippen molar-refractivity contribution in [3.63, 3.8) is 0 Å². The Labute approximate surface area is 230 Å². The second-order valence-corrected chi connectivity index (χ2v) is 11.0. The monoisotopic (exact) mass is 524 g/mol. The van der Waals surface area contributed by atoms with Crippen molar-refractivity contribution in [3.05, 3.63) is 54.1 Å². The van der Waals surface area contributed by atoms with Gasteiger partial charge in [-0.05, 0) is 73.3 Å². The number of esters is 1. The van der Waals surface area contributed by atoms with Gasteiger partial charge in [-0.1, -0.05) is 108 Å². The summed E-state index contributed by atoms with van der Waals surface area (Å²) in [6.45, 7) is 5.05. The highest BCUT2D eigenvalue weighted by molar-refractivity contribution is 5.74. The molecule has 1 atom stereocenters. The van der Waals surface area contributed by atoms with Gasteiger partial charge < -0.3 is 9.47 Å². The molecule has 2 aromatic rings. The summed E-state index contributed by atoms with van der Waals surface area (Å²) in [4.78, 5) is 12.0. The summed E-state index contributed by atoms with van der Waals surface area (Å²) in [6.07, 6.45) is 14.3. The summed E-state index contributed by atoms with van der Waals surface area (Å²) in [5, 5.41) is 0. The summed E-state index contributed by atoms with van der Waals surface area (Å²) < 4.78 is 25.3. The molecular formula is C34H49FO3. The van der Waals surface area contributed by atoms with Crippen LogP contribution in [0.15, 0.2) is 48.5 Å². The average molecular weight is 525 g/mol. The van der Waals surface area contributed by atoms with Crippen LogP contribution < -0.4 is 4.74 Å². The largest absolute Gasteiger partial charge is 0.494 e. The third kappa shape index (κ3) is 10.4. The number of unbranched alkanes of at least 4 members (excludes halogenated alkanes) is 8. The van der Waals surface area contributed by atoms with Crippen molar-refractivity contribution in [2.24, 2.45) is 0 Å². The predicted octanol–water partition coefficient (Wildman–Crippen LogP) is 9.97. The van der Waals surface area contributed by atoms with Gasteiger partial charge in [-0.2, -0.15) is 0 Å². The number of carbonyl (C=O) groups excluding carboxylic acids is 1. The molecule has 3 nitrogen and oxygen atoms in total. The maximum Gasteiger partial charge on any atom is 0.340 e. The first-order valence-electron chi connectivity index (χ1n) is 15.3. The quantitative estimate of drug-likeness (QED) is 0.153. The Bertz CT molecular complexity index is 900. The van der Waals surface area contributed by atoms with Crippen LogP contribution >= 0.6 is 0 Å². The lowest BCUT2D eigenvalue weighted by molar-refractivity contribution is -0.157. The van der Waals surface area contributed by atoms with Crippen LogP contribution in [0, 0.1) is 0 Å².